The molecule has 0 saturated carbocycles. The zero-order chi connectivity index (χ0) is 12.8. The minimum Gasteiger partial charge on any atom is -0.408 e. The van der Waals surface area contributed by atoms with Crippen molar-refractivity contribution in [2.75, 3.05) is 13.1 Å². The first-order valence-electron chi connectivity index (χ1n) is 5.79. The standard InChI is InChI=1S/C12H12F2N2O2/c13-12(14,8-3-4-15-6-8)7-1-2-9-10(5-7)18-11(17)16-9/h1-2,5,8,15H,3-4,6H2,(H,16,17). The summed E-state index contributed by atoms with van der Waals surface area (Å²) in [6.45, 7) is 0.920. The first-order valence-corrected chi connectivity index (χ1v) is 5.79. The summed E-state index contributed by atoms with van der Waals surface area (Å²) in [5, 5.41) is 2.93. The normalized spacial score (nSPS) is 20.7. The topological polar surface area (TPSA) is 58.0 Å². The zero-order valence-electron chi connectivity index (χ0n) is 9.50. The zero-order valence-corrected chi connectivity index (χ0v) is 9.50. The second-order valence-electron chi connectivity index (χ2n) is 4.54. The Hall–Kier alpha value is -1.69. The van der Waals surface area contributed by atoms with Crippen LogP contribution < -0.4 is 11.1 Å². The summed E-state index contributed by atoms with van der Waals surface area (Å²) in [6.07, 6.45) is 0.447. The van der Waals surface area contributed by atoms with E-state index in [1.54, 1.807) is 0 Å². The van der Waals surface area contributed by atoms with Gasteiger partial charge in [0.1, 0.15) is 0 Å². The Morgan fingerprint density at radius 1 is 1.39 bits per heavy atom. The molecule has 1 unspecified atom stereocenters. The lowest BCUT2D eigenvalue weighted by Crippen LogP contribution is -2.27. The molecule has 0 aliphatic carbocycles. The third-order valence-electron chi connectivity index (χ3n) is 3.38. The van der Waals surface area contributed by atoms with Crippen LogP contribution in [0.3, 0.4) is 0 Å². The van der Waals surface area contributed by atoms with Crippen molar-refractivity contribution in [1.29, 1.82) is 0 Å². The fraction of sp³-hybridized carbons (Fsp3) is 0.417. The van der Waals surface area contributed by atoms with E-state index in [2.05, 4.69) is 10.3 Å². The molecular weight excluding hydrogens is 242 g/mol. The lowest BCUT2D eigenvalue weighted by atomic mass is 9.93. The number of hydrogen-bond acceptors (Lipinski definition) is 3. The molecule has 1 atom stereocenters. The van der Waals surface area contributed by atoms with Crippen molar-refractivity contribution >= 4 is 11.1 Å². The molecule has 3 rings (SSSR count). The number of H-pyrrole nitrogens is 1. The van der Waals surface area contributed by atoms with Gasteiger partial charge in [0.15, 0.2) is 5.58 Å². The Morgan fingerprint density at radius 3 is 2.94 bits per heavy atom. The number of nitrogens with one attached hydrogen (secondary N) is 2. The summed E-state index contributed by atoms with van der Waals surface area (Å²) < 4.78 is 33.3. The van der Waals surface area contributed by atoms with E-state index in [0.717, 1.165) is 0 Å². The highest BCUT2D eigenvalue weighted by molar-refractivity contribution is 5.73. The minimum atomic E-state index is -2.91. The third-order valence-corrected chi connectivity index (χ3v) is 3.38. The molecular formula is C12H12F2N2O2. The molecule has 96 valence electrons. The molecule has 1 aliphatic heterocycles. The maximum atomic E-state index is 14.2. The smallest absolute Gasteiger partial charge is 0.408 e. The molecule has 1 aromatic carbocycles. The van der Waals surface area contributed by atoms with E-state index in [0.29, 0.717) is 25.0 Å². The van der Waals surface area contributed by atoms with Crippen LogP contribution in [0.25, 0.3) is 11.1 Å². The lowest BCUT2D eigenvalue weighted by Gasteiger charge is -2.22. The van der Waals surface area contributed by atoms with Crippen LogP contribution in [0.2, 0.25) is 0 Å². The molecule has 1 fully saturated rings. The van der Waals surface area contributed by atoms with Crippen LogP contribution in [-0.4, -0.2) is 18.1 Å². The van der Waals surface area contributed by atoms with Crippen molar-refractivity contribution in [3.05, 3.63) is 34.3 Å². The van der Waals surface area contributed by atoms with Crippen LogP contribution in [-0.2, 0) is 5.92 Å². The minimum absolute atomic E-state index is 0.105. The summed E-state index contributed by atoms with van der Waals surface area (Å²) in [7, 11) is 0. The number of aromatic nitrogens is 1. The molecule has 1 aliphatic rings. The average molecular weight is 254 g/mol. The molecule has 2 N–H and O–H groups in total. The van der Waals surface area contributed by atoms with Gasteiger partial charge in [0.25, 0.3) is 5.92 Å². The predicted octanol–water partition coefficient (Wildman–Crippen LogP) is 1.82. The van der Waals surface area contributed by atoms with Gasteiger partial charge in [-0.05, 0) is 25.1 Å². The van der Waals surface area contributed by atoms with Gasteiger partial charge in [-0.15, -0.1) is 0 Å². The number of alkyl halides is 2. The number of halogens is 2. The first kappa shape index (κ1) is 11.4. The van der Waals surface area contributed by atoms with Gasteiger partial charge in [-0.1, -0.05) is 6.07 Å². The van der Waals surface area contributed by atoms with E-state index in [1.165, 1.54) is 18.2 Å². The quantitative estimate of drug-likeness (QED) is 0.859. The Morgan fingerprint density at radius 2 is 2.22 bits per heavy atom. The fourth-order valence-electron chi connectivity index (χ4n) is 2.35. The highest BCUT2D eigenvalue weighted by atomic mass is 19.3. The third kappa shape index (κ3) is 1.73. The Labute approximate surface area is 101 Å². The molecule has 0 spiro atoms. The summed E-state index contributed by atoms with van der Waals surface area (Å²) in [4.78, 5) is 13.4. The lowest BCUT2D eigenvalue weighted by molar-refractivity contribution is -0.0575. The SMILES string of the molecule is O=c1[nH]c2ccc(C(F)(F)C3CCNC3)cc2o1. The van der Waals surface area contributed by atoms with E-state index in [4.69, 9.17) is 4.42 Å². The van der Waals surface area contributed by atoms with Crippen LogP contribution in [0.1, 0.15) is 12.0 Å². The first-order chi connectivity index (χ1) is 8.57. The number of hydrogen-bond donors (Lipinski definition) is 2. The van der Waals surface area contributed by atoms with Gasteiger partial charge in [0, 0.05) is 18.0 Å². The Kier molecular flexibility index (Phi) is 2.48. The van der Waals surface area contributed by atoms with E-state index < -0.39 is 17.6 Å². The molecule has 0 radical (unpaired) electrons. The number of benzene rings is 1. The largest absolute Gasteiger partial charge is 0.417 e. The molecule has 2 aromatic rings. The molecule has 6 heteroatoms. The molecule has 4 nitrogen and oxygen atoms in total. The van der Waals surface area contributed by atoms with Crippen LogP contribution in [0.15, 0.2) is 27.4 Å². The average Bonchev–Trinajstić information content (AvgIpc) is 2.95. The van der Waals surface area contributed by atoms with E-state index in [1.807, 2.05) is 0 Å². The van der Waals surface area contributed by atoms with Crippen LogP contribution in [0, 0.1) is 5.92 Å². The molecule has 0 amide bonds. The van der Waals surface area contributed by atoms with Crippen LogP contribution >= 0.6 is 0 Å². The Balaban J connectivity index is 2.04. The summed E-state index contributed by atoms with van der Waals surface area (Å²) in [6, 6.07) is 4.03. The monoisotopic (exact) mass is 254 g/mol. The number of fused-ring (bicyclic) bond motifs is 1. The van der Waals surface area contributed by atoms with Crippen LogP contribution in [0.4, 0.5) is 8.78 Å². The van der Waals surface area contributed by atoms with Gasteiger partial charge >= 0.3 is 5.76 Å². The van der Waals surface area contributed by atoms with E-state index in [-0.39, 0.29) is 11.1 Å². The second-order valence-corrected chi connectivity index (χ2v) is 4.54. The fourth-order valence-corrected chi connectivity index (χ4v) is 2.35. The highest BCUT2D eigenvalue weighted by Gasteiger charge is 2.42. The highest BCUT2D eigenvalue weighted by Crippen LogP contribution is 2.39. The predicted molar refractivity (Wildman–Crippen MR) is 61.7 cm³/mol. The Bertz CT molecular complexity index is 626. The summed E-state index contributed by atoms with van der Waals surface area (Å²) in [5.41, 5.74) is 0.499. The van der Waals surface area contributed by atoms with Crippen molar-refractivity contribution in [2.24, 2.45) is 5.92 Å². The molecule has 1 aromatic heterocycles. The maximum Gasteiger partial charge on any atom is 0.417 e. The molecule has 1 saturated heterocycles. The van der Waals surface area contributed by atoms with Gasteiger partial charge in [0.05, 0.1) is 5.52 Å². The van der Waals surface area contributed by atoms with Gasteiger partial charge in [-0.3, -0.25) is 4.98 Å². The van der Waals surface area contributed by atoms with E-state index >= 15 is 0 Å². The number of aromatic amines is 1. The van der Waals surface area contributed by atoms with Gasteiger partial charge < -0.3 is 9.73 Å². The van der Waals surface area contributed by atoms with Gasteiger partial charge in [0.2, 0.25) is 0 Å². The van der Waals surface area contributed by atoms with Gasteiger partial charge in [-0.25, -0.2) is 13.6 Å². The van der Waals surface area contributed by atoms with Gasteiger partial charge in [-0.2, -0.15) is 0 Å². The van der Waals surface area contributed by atoms with Crippen molar-refractivity contribution < 1.29 is 13.2 Å². The summed E-state index contributed by atoms with van der Waals surface area (Å²) >= 11 is 0. The molecule has 0 bridgehead atoms. The van der Waals surface area contributed by atoms with Crippen molar-refractivity contribution in [2.45, 2.75) is 12.3 Å². The second kappa shape index (κ2) is 3.91. The van der Waals surface area contributed by atoms with Crippen LogP contribution in [0.5, 0.6) is 0 Å². The number of rotatable bonds is 2. The van der Waals surface area contributed by atoms with Crippen molar-refractivity contribution in [3.63, 3.8) is 0 Å². The number of oxazole rings is 1. The summed E-state index contributed by atoms with van der Waals surface area (Å²) in [5.74, 6) is -4.25. The van der Waals surface area contributed by atoms with Crippen molar-refractivity contribution in [1.82, 2.24) is 10.3 Å². The van der Waals surface area contributed by atoms with E-state index in [9.17, 15) is 13.6 Å². The maximum absolute atomic E-state index is 14.2. The van der Waals surface area contributed by atoms with Crippen molar-refractivity contribution in [3.8, 4) is 0 Å². The molecule has 2 heterocycles. The molecule has 18 heavy (non-hydrogen) atoms.